The second-order valence-corrected chi connectivity index (χ2v) is 5.85. The van der Waals surface area contributed by atoms with Gasteiger partial charge in [-0.3, -0.25) is 0 Å². The van der Waals surface area contributed by atoms with Crippen LogP contribution in [0.1, 0.15) is 39.5 Å². The van der Waals surface area contributed by atoms with Gasteiger partial charge in [-0.25, -0.2) is 4.79 Å². The van der Waals surface area contributed by atoms with Crippen molar-refractivity contribution in [2.45, 2.75) is 45.6 Å². The Morgan fingerprint density at radius 2 is 1.89 bits per heavy atom. The Hall–Kier alpha value is -0.770. The molecule has 4 heteroatoms. The summed E-state index contributed by atoms with van der Waals surface area (Å²) in [6.45, 7) is 7.33. The summed E-state index contributed by atoms with van der Waals surface area (Å²) in [5.41, 5.74) is 0. The van der Waals surface area contributed by atoms with E-state index in [-0.39, 0.29) is 6.03 Å². The maximum absolute atomic E-state index is 12.2. The van der Waals surface area contributed by atoms with E-state index >= 15 is 0 Å². The third kappa shape index (κ3) is 3.37. The van der Waals surface area contributed by atoms with Gasteiger partial charge >= 0.3 is 6.03 Å². The number of nitrogens with zero attached hydrogens (tertiary/aromatic N) is 1. The molecule has 4 nitrogen and oxygen atoms in total. The van der Waals surface area contributed by atoms with E-state index in [1.54, 1.807) is 0 Å². The number of hydrogen-bond acceptors (Lipinski definition) is 2. The van der Waals surface area contributed by atoms with Crippen LogP contribution in [-0.4, -0.2) is 43.3 Å². The van der Waals surface area contributed by atoms with Crippen molar-refractivity contribution in [3.05, 3.63) is 0 Å². The summed E-state index contributed by atoms with van der Waals surface area (Å²) in [4.78, 5) is 14.1. The first-order valence-corrected chi connectivity index (χ1v) is 7.31. The van der Waals surface area contributed by atoms with Crippen LogP contribution in [0.3, 0.4) is 0 Å². The number of rotatable bonds is 2. The van der Waals surface area contributed by atoms with E-state index in [1.165, 1.54) is 19.3 Å². The first kappa shape index (κ1) is 13.7. The van der Waals surface area contributed by atoms with Crippen LogP contribution in [0.2, 0.25) is 0 Å². The molecule has 0 aromatic rings. The summed E-state index contributed by atoms with van der Waals surface area (Å²) < 4.78 is 5.28. The van der Waals surface area contributed by atoms with Gasteiger partial charge in [0.25, 0.3) is 0 Å². The number of nitrogens with one attached hydrogen (secondary N) is 1. The molecule has 0 aromatic carbocycles. The van der Waals surface area contributed by atoms with Crippen LogP contribution < -0.4 is 5.32 Å². The van der Waals surface area contributed by atoms with Gasteiger partial charge in [0, 0.05) is 19.1 Å². The van der Waals surface area contributed by atoms with Crippen molar-refractivity contribution >= 4 is 6.03 Å². The van der Waals surface area contributed by atoms with Gasteiger partial charge in [-0.2, -0.15) is 0 Å². The minimum absolute atomic E-state index is 0.107. The summed E-state index contributed by atoms with van der Waals surface area (Å²) >= 11 is 0. The lowest BCUT2D eigenvalue weighted by Crippen LogP contribution is -2.52. The van der Waals surface area contributed by atoms with E-state index in [0.29, 0.717) is 31.1 Å². The molecule has 0 aromatic heterocycles. The summed E-state index contributed by atoms with van der Waals surface area (Å²) in [5, 5.41) is 3.25. The highest BCUT2D eigenvalue weighted by atomic mass is 16.5. The number of morpholine rings is 1. The molecule has 1 aliphatic heterocycles. The van der Waals surface area contributed by atoms with Crippen molar-refractivity contribution in [1.29, 1.82) is 0 Å². The normalized spacial score (nSPS) is 29.4. The van der Waals surface area contributed by atoms with E-state index in [1.807, 2.05) is 4.90 Å². The van der Waals surface area contributed by atoms with Crippen molar-refractivity contribution < 1.29 is 9.53 Å². The zero-order valence-corrected chi connectivity index (χ0v) is 11.7. The molecule has 2 fully saturated rings. The lowest BCUT2D eigenvalue weighted by atomic mass is 9.78. The molecular weight excluding hydrogens is 228 g/mol. The molecule has 0 bridgehead atoms. The van der Waals surface area contributed by atoms with Crippen LogP contribution in [0.15, 0.2) is 0 Å². The molecule has 2 amide bonds. The molecule has 1 saturated carbocycles. The minimum atomic E-state index is 0.107. The zero-order chi connectivity index (χ0) is 13.0. The SMILES string of the molecule is CC(C)[C@@H]1CCCC[C@H]1NC(=O)N1CCOCC1. The summed E-state index contributed by atoms with van der Waals surface area (Å²) in [5.74, 6) is 1.30. The largest absolute Gasteiger partial charge is 0.378 e. The predicted octanol–water partition coefficient (Wildman–Crippen LogP) is 2.24. The molecular formula is C14H26N2O2. The Labute approximate surface area is 110 Å². The van der Waals surface area contributed by atoms with Crippen LogP contribution >= 0.6 is 0 Å². The number of amides is 2. The quantitative estimate of drug-likeness (QED) is 0.821. The highest BCUT2D eigenvalue weighted by Crippen LogP contribution is 2.30. The Balaban J connectivity index is 1.87. The zero-order valence-electron chi connectivity index (χ0n) is 11.7. The summed E-state index contributed by atoms with van der Waals surface area (Å²) in [6, 6.07) is 0.477. The van der Waals surface area contributed by atoms with Gasteiger partial charge in [0.05, 0.1) is 13.2 Å². The number of ether oxygens (including phenoxy) is 1. The highest BCUT2D eigenvalue weighted by Gasteiger charge is 2.30. The smallest absolute Gasteiger partial charge is 0.317 e. The van der Waals surface area contributed by atoms with Crippen LogP contribution in [0.5, 0.6) is 0 Å². The first-order valence-electron chi connectivity index (χ1n) is 7.31. The molecule has 1 heterocycles. The molecule has 1 saturated heterocycles. The molecule has 2 aliphatic rings. The molecule has 2 atom stereocenters. The summed E-state index contributed by atoms with van der Waals surface area (Å²) in [7, 11) is 0. The third-order valence-electron chi connectivity index (χ3n) is 4.28. The number of carbonyl (C=O) groups is 1. The molecule has 1 aliphatic carbocycles. The van der Waals surface area contributed by atoms with Crippen LogP contribution in [-0.2, 0) is 4.74 Å². The van der Waals surface area contributed by atoms with Crippen LogP contribution in [0.4, 0.5) is 4.79 Å². The van der Waals surface area contributed by atoms with Gasteiger partial charge in [0.15, 0.2) is 0 Å². The topological polar surface area (TPSA) is 41.6 Å². The first-order chi connectivity index (χ1) is 8.68. The van der Waals surface area contributed by atoms with Crippen molar-refractivity contribution in [3.8, 4) is 0 Å². The van der Waals surface area contributed by atoms with E-state index < -0.39 is 0 Å². The van der Waals surface area contributed by atoms with E-state index in [2.05, 4.69) is 19.2 Å². The molecule has 2 rings (SSSR count). The monoisotopic (exact) mass is 254 g/mol. The van der Waals surface area contributed by atoms with Gasteiger partial charge < -0.3 is 15.0 Å². The standard InChI is InChI=1S/C14H26N2O2/c1-11(2)12-5-3-4-6-13(12)15-14(17)16-7-9-18-10-8-16/h11-13H,3-10H2,1-2H3,(H,15,17)/t12-,13+/m0/s1. The predicted molar refractivity (Wildman–Crippen MR) is 71.5 cm³/mol. The minimum Gasteiger partial charge on any atom is -0.378 e. The molecule has 0 unspecified atom stereocenters. The van der Waals surface area contributed by atoms with Gasteiger partial charge in [-0.15, -0.1) is 0 Å². The second-order valence-electron chi connectivity index (χ2n) is 5.85. The maximum atomic E-state index is 12.2. The molecule has 0 spiro atoms. The van der Waals surface area contributed by atoms with Crippen molar-refractivity contribution in [2.24, 2.45) is 11.8 Å². The van der Waals surface area contributed by atoms with E-state index in [4.69, 9.17) is 4.74 Å². The lowest BCUT2D eigenvalue weighted by Gasteiger charge is -2.37. The highest BCUT2D eigenvalue weighted by molar-refractivity contribution is 5.74. The summed E-state index contributed by atoms with van der Waals surface area (Å²) in [6.07, 6.45) is 4.95. The average molecular weight is 254 g/mol. The Morgan fingerprint density at radius 1 is 1.22 bits per heavy atom. The maximum Gasteiger partial charge on any atom is 0.317 e. The molecule has 0 radical (unpaired) electrons. The molecule has 104 valence electrons. The van der Waals surface area contributed by atoms with Gasteiger partial charge in [-0.05, 0) is 24.7 Å². The number of urea groups is 1. The van der Waals surface area contributed by atoms with Gasteiger partial charge in [0.1, 0.15) is 0 Å². The Morgan fingerprint density at radius 3 is 2.56 bits per heavy atom. The van der Waals surface area contributed by atoms with Gasteiger partial charge in [0.2, 0.25) is 0 Å². The Bertz CT molecular complexity index is 275. The van der Waals surface area contributed by atoms with Gasteiger partial charge in [-0.1, -0.05) is 26.7 Å². The third-order valence-corrected chi connectivity index (χ3v) is 4.28. The van der Waals surface area contributed by atoms with E-state index in [9.17, 15) is 4.79 Å². The Kier molecular flexibility index (Phi) is 4.87. The number of hydrogen-bond donors (Lipinski definition) is 1. The van der Waals surface area contributed by atoms with E-state index in [0.717, 1.165) is 19.5 Å². The van der Waals surface area contributed by atoms with Crippen molar-refractivity contribution in [3.63, 3.8) is 0 Å². The number of carbonyl (C=O) groups excluding carboxylic acids is 1. The second kappa shape index (κ2) is 6.41. The fraction of sp³-hybridized carbons (Fsp3) is 0.929. The van der Waals surface area contributed by atoms with Crippen LogP contribution in [0, 0.1) is 11.8 Å². The fourth-order valence-electron chi connectivity index (χ4n) is 3.15. The molecule has 18 heavy (non-hydrogen) atoms. The van der Waals surface area contributed by atoms with Crippen molar-refractivity contribution in [2.75, 3.05) is 26.3 Å². The van der Waals surface area contributed by atoms with Crippen LogP contribution in [0.25, 0.3) is 0 Å². The molecule has 1 N–H and O–H groups in total. The fourth-order valence-corrected chi connectivity index (χ4v) is 3.15. The lowest BCUT2D eigenvalue weighted by molar-refractivity contribution is 0.0508. The average Bonchev–Trinajstić information content (AvgIpc) is 2.40. The van der Waals surface area contributed by atoms with Crippen molar-refractivity contribution in [1.82, 2.24) is 10.2 Å².